The third-order valence-corrected chi connectivity index (χ3v) is 3.54. The first-order valence-corrected chi connectivity index (χ1v) is 9.61. The van der Waals surface area contributed by atoms with Crippen LogP contribution in [0.25, 0.3) is 0 Å². The van der Waals surface area contributed by atoms with Gasteiger partial charge in [-0.15, -0.1) is 0 Å². The van der Waals surface area contributed by atoms with Crippen LogP contribution in [0.15, 0.2) is 18.2 Å². The molecule has 1 rings (SSSR count). The monoisotopic (exact) mass is 395 g/mol. The molecular formula is C21H33NO6. The predicted octanol–water partition coefficient (Wildman–Crippen LogP) is 3.92. The lowest BCUT2D eigenvalue weighted by Gasteiger charge is -2.21. The third kappa shape index (κ3) is 9.08. The van der Waals surface area contributed by atoms with Crippen molar-refractivity contribution in [1.29, 1.82) is 0 Å². The molecule has 1 unspecified atom stereocenters. The van der Waals surface area contributed by atoms with Gasteiger partial charge in [0.2, 0.25) is 0 Å². The fraction of sp³-hybridized carbons (Fsp3) is 0.619. The molecule has 2 N–H and O–H groups in total. The largest absolute Gasteiger partial charge is 0.493 e. The van der Waals surface area contributed by atoms with Crippen LogP contribution in [0.1, 0.15) is 59.1 Å². The smallest absolute Gasteiger partial charge is 0.407 e. The molecule has 7 heteroatoms. The summed E-state index contributed by atoms with van der Waals surface area (Å²) in [6.07, 6.45) is -0.577. The Morgan fingerprint density at radius 2 is 1.89 bits per heavy atom. The van der Waals surface area contributed by atoms with Gasteiger partial charge in [0.15, 0.2) is 6.10 Å². The molecule has 0 aliphatic heterocycles. The number of carbonyl (C=O) groups excluding carboxylic acids is 1. The molecule has 0 aliphatic rings. The number of amides is 1. The van der Waals surface area contributed by atoms with Crippen molar-refractivity contribution >= 4 is 12.1 Å². The van der Waals surface area contributed by atoms with Gasteiger partial charge in [0.1, 0.15) is 11.4 Å². The van der Waals surface area contributed by atoms with Gasteiger partial charge in [0.25, 0.3) is 0 Å². The number of alkyl carbamates (subject to hydrolysis) is 1. The van der Waals surface area contributed by atoms with Crippen molar-refractivity contribution in [3.8, 4) is 5.75 Å². The molecule has 7 nitrogen and oxygen atoms in total. The molecular weight excluding hydrogens is 362 g/mol. The Balaban J connectivity index is 2.95. The Morgan fingerprint density at radius 3 is 2.43 bits per heavy atom. The van der Waals surface area contributed by atoms with E-state index in [-0.39, 0.29) is 19.1 Å². The Bertz CT molecular complexity index is 651. The molecule has 1 aromatic rings. The fourth-order valence-electron chi connectivity index (χ4n) is 2.47. The second-order valence-electron chi connectivity index (χ2n) is 7.86. The van der Waals surface area contributed by atoms with Crippen LogP contribution in [0.4, 0.5) is 4.79 Å². The highest BCUT2D eigenvalue weighted by molar-refractivity contribution is 5.72. The van der Waals surface area contributed by atoms with E-state index in [0.717, 1.165) is 17.5 Å². The van der Waals surface area contributed by atoms with Crippen molar-refractivity contribution in [3.05, 3.63) is 29.3 Å². The van der Waals surface area contributed by atoms with Gasteiger partial charge < -0.3 is 24.6 Å². The SMILES string of the molecule is CCCOc1ccc(CC(OC(C)C)C(=O)O)cc1CNC(=O)OC(C)(C)C. The number of aliphatic carboxylic acids is 1. The van der Waals surface area contributed by atoms with E-state index in [2.05, 4.69) is 5.32 Å². The molecule has 1 atom stereocenters. The highest BCUT2D eigenvalue weighted by Crippen LogP contribution is 2.22. The minimum Gasteiger partial charge on any atom is -0.493 e. The molecule has 0 bridgehead atoms. The Labute approximate surface area is 167 Å². The van der Waals surface area contributed by atoms with Gasteiger partial charge in [-0.25, -0.2) is 9.59 Å². The zero-order chi connectivity index (χ0) is 21.3. The van der Waals surface area contributed by atoms with Gasteiger partial charge in [-0.3, -0.25) is 0 Å². The number of carboxylic acids is 1. The molecule has 0 aliphatic carbocycles. The molecule has 28 heavy (non-hydrogen) atoms. The van der Waals surface area contributed by atoms with E-state index < -0.39 is 23.8 Å². The molecule has 0 saturated heterocycles. The molecule has 1 amide bonds. The van der Waals surface area contributed by atoms with Gasteiger partial charge >= 0.3 is 12.1 Å². The number of carboxylic acid groups (broad SMARTS) is 1. The Kier molecular flexibility index (Phi) is 9.25. The first kappa shape index (κ1) is 23.8. The van der Waals surface area contributed by atoms with E-state index in [0.29, 0.717) is 12.4 Å². The quantitative estimate of drug-likeness (QED) is 0.624. The van der Waals surface area contributed by atoms with Crippen LogP contribution in [-0.4, -0.2) is 41.6 Å². The zero-order valence-electron chi connectivity index (χ0n) is 17.7. The topological polar surface area (TPSA) is 94.1 Å². The lowest BCUT2D eigenvalue weighted by Crippen LogP contribution is -2.32. The zero-order valence-corrected chi connectivity index (χ0v) is 17.7. The van der Waals surface area contributed by atoms with Gasteiger partial charge in [-0.1, -0.05) is 19.1 Å². The van der Waals surface area contributed by atoms with Crippen LogP contribution < -0.4 is 10.1 Å². The summed E-state index contributed by atoms with van der Waals surface area (Å²) in [4.78, 5) is 23.4. The molecule has 158 valence electrons. The van der Waals surface area contributed by atoms with Gasteiger partial charge in [-0.05, 0) is 52.7 Å². The number of rotatable bonds is 10. The molecule has 0 radical (unpaired) electrons. The van der Waals surface area contributed by atoms with Crippen molar-refractivity contribution in [2.45, 2.75) is 78.7 Å². The first-order chi connectivity index (χ1) is 13.0. The average Bonchev–Trinajstić information content (AvgIpc) is 2.56. The highest BCUT2D eigenvalue weighted by Gasteiger charge is 2.21. The number of ether oxygens (including phenoxy) is 3. The minimum absolute atomic E-state index is 0.193. The van der Waals surface area contributed by atoms with Crippen LogP contribution in [0.3, 0.4) is 0 Å². The standard InChI is InChI=1S/C21H33NO6/c1-7-10-26-17-9-8-15(12-18(19(23)24)27-14(2)3)11-16(17)13-22-20(25)28-21(4,5)6/h8-9,11,14,18H,7,10,12-13H2,1-6H3,(H,22,25)(H,23,24). The van der Waals surface area contributed by atoms with E-state index >= 15 is 0 Å². The van der Waals surface area contributed by atoms with Gasteiger partial charge in [0, 0.05) is 18.5 Å². The summed E-state index contributed by atoms with van der Waals surface area (Å²) in [5, 5.41) is 12.1. The van der Waals surface area contributed by atoms with E-state index in [1.165, 1.54) is 0 Å². The summed E-state index contributed by atoms with van der Waals surface area (Å²) in [5.74, 6) is -0.355. The van der Waals surface area contributed by atoms with Crippen LogP contribution in [0.2, 0.25) is 0 Å². The fourth-order valence-corrected chi connectivity index (χ4v) is 2.47. The molecule has 0 spiro atoms. The van der Waals surface area contributed by atoms with Crippen molar-refractivity contribution in [2.75, 3.05) is 6.61 Å². The third-order valence-electron chi connectivity index (χ3n) is 3.54. The second kappa shape index (κ2) is 10.9. The van der Waals surface area contributed by atoms with Crippen LogP contribution in [-0.2, 0) is 27.2 Å². The Morgan fingerprint density at radius 1 is 1.21 bits per heavy atom. The molecule has 0 fully saturated rings. The molecule has 1 aromatic carbocycles. The van der Waals surface area contributed by atoms with Crippen LogP contribution >= 0.6 is 0 Å². The van der Waals surface area contributed by atoms with Crippen molar-refractivity contribution in [2.24, 2.45) is 0 Å². The number of hydrogen-bond donors (Lipinski definition) is 2. The van der Waals surface area contributed by atoms with Crippen LogP contribution in [0.5, 0.6) is 5.75 Å². The minimum atomic E-state index is -1.01. The van der Waals surface area contributed by atoms with Crippen LogP contribution in [0, 0.1) is 0 Å². The lowest BCUT2D eigenvalue weighted by atomic mass is 10.0. The summed E-state index contributed by atoms with van der Waals surface area (Å²) in [6, 6.07) is 5.45. The second-order valence-corrected chi connectivity index (χ2v) is 7.86. The molecule has 0 aromatic heterocycles. The summed E-state index contributed by atoms with van der Waals surface area (Å²) in [7, 11) is 0. The first-order valence-electron chi connectivity index (χ1n) is 9.61. The van der Waals surface area contributed by atoms with Crippen molar-refractivity contribution < 1.29 is 28.9 Å². The predicted molar refractivity (Wildman–Crippen MR) is 107 cm³/mol. The number of carbonyl (C=O) groups is 2. The lowest BCUT2D eigenvalue weighted by molar-refractivity contribution is -0.153. The molecule has 0 heterocycles. The average molecular weight is 395 g/mol. The van der Waals surface area contributed by atoms with Crippen molar-refractivity contribution in [3.63, 3.8) is 0 Å². The van der Waals surface area contributed by atoms with E-state index in [4.69, 9.17) is 14.2 Å². The maximum atomic E-state index is 12.0. The maximum absolute atomic E-state index is 12.0. The van der Waals surface area contributed by atoms with E-state index in [9.17, 15) is 14.7 Å². The summed E-state index contributed by atoms with van der Waals surface area (Å²) in [5.41, 5.74) is 0.958. The van der Waals surface area contributed by atoms with Gasteiger partial charge in [-0.2, -0.15) is 0 Å². The van der Waals surface area contributed by atoms with E-state index in [1.54, 1.807) is 40.7 Å². The van der Waals surface area contributed by atoms with E-state index in [1.807, 2.05) is 19.1 Å². The summed E-state index contributed by atoms with van der Waals surface area (Å²) in [6.45, 7) is 11.8. The number of benzene rings is 1. The van der Waals surface area contributed by atoms with Crippen molar-refractivity contribution in [1.82, 2.24) is 5.32 Å². The molecule has 0 saturated carbocycles. The normalized spacial score (nSPS) is 12.5. The van der Waals surface area contributed by atoms with Gasteiger partial charge in [0.05, 0.1) is 12.7 Å². The highest BCUT2D eigenvalue weighted by atomic mass is 16.6. The summed E-state index contributed by atoms with van der Waals surface area (Å²) < 4.78 is 16.5. The number of hydrogen-bond acceptors (Lipinski definition) is 5. The Hall–Kier alpha value is -2.28. The maximum Gasteiger partial charge on any atom is 0.407 e. The summed E-state index contributed by atoms with van der Waals surface area (Å²) >= 11 is 0. The number of nitrogens with one attached hydrogen (secondary N) is 1.